The van der Waals surface area contributed by atoms with E-state index >= 15 is 0 Å². The average Bonchev–Trinajstić information content (AvgIpc) is 1.49. The molecule has 12 heavy (non-hydrogen) atoms. The van der Waals surface area contributed by atoms with Gasteiger partial charge in [0.05, 0.1) is 0 Å². The molecule has 0 aliphatic carbocycles. The number of halogens is 1. The highest BCUT2D eigenvalue weighted by atomic mass is 32.3. The molecular formula is C6H11FO4S. The minimum absolute atomic E-state index is 0.790. The van der Waals surface area contributed by atoms with Gasteiger partial charge in [-0.25, -0.2) is 0 Å². The number of esters is 1. The molecule has 0 unspecified atom stereocenters. The summed E-state index contributed by atoms with van der Waals surface area (Å²) in [7, 11) is -4.77. The normalized spacial score (nSPS) is 12.7. The fourth-order valence-corrected chi connectivity index (χ4v) is 0.852. The van der Waals surface area contributed by atoms with Gasteiger partial charge in [-0.2, -0.15) is 8.42 Å². The Bertz CT molecular complexity index is 262. The van der Waals surface area contributed by atoms with Gasteiger partial charge < -0.3 is 4.74 Å². The summed E-state index contributed by atoms with van der Waals surface area (Å²) in [5.41, 5.74) is -0.790. The monoisotopic (exact) mass is 198 g/mol. The zero-order valence-electron chi connectivity index (χ0n) is 7.13. The average molecular weight is 198 g/mol. The molecule has 0 saturated heterocycles. The third-order valence-electron chi connectivity index (χ3n) is 0.710. The number of hydrogen-bond acceptors (Lipinski definition) is 4. The Morgan fingerprint density at radius 3 is 2.08 bits per heavy atom. The zero-order valence-corrected chi connectivity index (χ0v) is 7.94. The van der Waals surface area contributed by atoms with Crippen LogP contribution in [0.25, 0.3) is 0 Å². The van der Waals surface area contributed by atoms with Gasteiger partial charge in [-0.1, -0.05) is 0 Å². The molecular weight excluding hydrogens is 187 g/mol. The van der Waals surface area contributed by atoms with Crippen LogP contribution >= 0.6 is 0 Å². The lowest BCUT2D eigenvalue weighted by Gasteiger charge is -2.18. The van der Waals surface area contributed by atoms with Crippen molar-refractivity contribution in [2.24, 2.45) is 0 Å². The third kappa shape index (κ3) is 7.46. The van der Waals surface area contributed by atoms with Gasteiger partial charge in [-0.05, 0) is 20.8 Å². The number of carbonyl (C=O) groups excluding carboxylic acids is 1. The van der Waals surface area contributed by atoms with Crippen molar-refractivity contribution in [1.82, 2.24) is 0 Å². The lowest BCUT2D eigenvalue weighted by molar-refractivity contribution is -0.151. The Hall–Kier alpha value is -0.650. The smallest absolute Gasteiger partial charge is 0.324 e. The van der Waals surface area contributed by atoms with E-state index in [9.17, 15) is 17.1 Å². The summed E-state index contributed by atoms with van der Waals surface area (Å²) in [4.78, 5) is 10.6. The van der Waals surface area contributed by atoms with Gasteiger partial charge in [0.2, 0.25) is 0 Å². The van der Waals surface area contributed by atoms with E-state index in [-0.39, 0.29) is 0 Å². The van der Waals surface area contributed by atoms with Crippen LogP contribution in [0.15, 0.2) is 0 Å². The lowest BCUT2D eigenvalue weighted by Crippen LogP contribution is -2.27. The first-order valence-electron chi connectivity index (χ1n) is 3.24. The Labute approximate surface area is 70.9 Å². The molecule has 0 atom stereocenters. The molecule has 0 saturated carbocycles. The van der Waals surface area contributed by atoms with Crippen molar-refractivity contribution < 1.29 is 21.8 Å². The van der Waals surface area contributed by atoms with Gasteiger partial charge in [0.1, 0.15) is 5.60 Å². The number of carbonyl (C=O) groups is 1. The SMILES string of the molecule is CC(C)(C)OC(=O)CS(=O)(=O)F. The molecule has 0 aromatic rings. The highest BCUT2D eigenvalue weighted by Gasteiger charge is 2.21. The van der Waals surface area contributed by atoms with Gasteiger partial charge in [0.15, 0.2) is 5.75 Å². The van der Waals surface area contributed by atoms with Gasteiger partial charge in [-0.15, -0.1) is 3.89 Å². The molecule has 0 amide bonds. The highest BCUT2D eigenvalue weighted by Crippen LogP contribution is 2.07. The minimum atomic E-state index is -4.77. The molecule has 0 rings (SSSR count). The second-order valence-corrected chi connectivity index (χ2v) is 4.64. The third-order valence-corrected chi connectivity index (χ3v) is 1.29. The summed E-state index contributed by atoms with van der Waals surface area (Å²) in [5, 5.41) is 0. The van der Waals surface area contributed by atoms with Crippen molar-refractivity contribution in [2.45, 2.75) is 26.4 Å². The van der Waals surface area contributed by atoms with Crippen LogP contribution in [0.4, 0.5) is 3.89 Å². The van der Waals surface area contributed by atoms with E-state index in [1.165, 1.54) is 0 Å². The summed E-state index contributed by atoms with van der Waals surface area (Å²) >= 11 is 0. The first kappa shape index (κ1) is 11.4. The van der Waals surface area contributed by atoms with Crippen molar-refractivity contribution in [3.8, 4) is 0 Å². The second-order valence-electron chi connectivity index (χ2n) is 3.27. The molecule has 0 spiro atoms. The van der Waals surface area contributed by atoms with Crippen molar-refractivity contribution in [3.63, 3.8) is 0 Å². The Balaban J connectivity index is 4.10. The van der Waals surface area contributed by atoms with Crippen LogP contribution in [-0.4, -0.2) is 25.7 Å². The van der Waals surface area contributed by atoms with Crippen LogP contribution in [0.1, 0.15) is 20.8 Å². The van der Waals surface area contributed by atoms with Crippen molar-refractivity contribution in [2.75, 3.05) is 5.75 Å². The zero-order chi connectivity index (χ0) is 9.99. The van der Waals surface area contributed by atoms with Crippen molar-refractivity contribution in [1.29, 1.82) is 0 Å². The van der Waals surface area contributed by atoms with Gasteiger partial charge >= 0.3 is 16.2 Å². The first-order valence-corrected chi connectivity index (χ1v) is 4.79. The standard InChI is InChI=1S/C6H11FO4S/c1-6(2,3)11-5(8)4-12(7,9)10/h4H2,1-3H3. The summed E-state index contributed by atoms with van der Waals surface area (Å²) in [6.07, 6.45) is 0. The molecule has 0 radical (unpaired) electrons. The number of ether oxygens (including phenoxy) is 1. The molecule has 6 heteroatoms. The first-order chi connectivity index (χ1) is 5.10. The van der Waals surface area contributed by atoms with E-state index < -0.39 is 27.5 Å². The molecule has 0 aliphatic rings. The van der Waals surface area contributed by atoms with Crippen LogP contribution < -0.4 is 0 Å². The quantitative estimate of drug-likeness (QED) is 0.482. The molecule has 0 aromatic heterocycles. The van der Waals surface area contributed by atoms with E-state index in [2.05, 4.69) is 4.74 Å². The summed E-state index contributed by atoms with van der Waals surface area (Å²) in [5.74, 6) is -2.30. The number of hydrogen-bond donors (Lipinski definition) is 0. The molecule has 72 valence electrons. The fraction of sp³-hybridized carbons (Fsp3) is 0.833. The lowest BCUT2D eigenvalue weighted by atomic mass is 10.2. The molecule has 4 nitrogen and oxygen atoms in total. The summed E-state index contributed by atoms with van der Waals surface area (Å²) in [6, 6.07) is 0. The molecule has 0 fully saturated rings. The molecule has 0 aliphatic heterocycles. The maximum Gasteiger partial charge on any atom is 0.324 e. The summed E-state index contributed by atoms with van der Waals surface area (Å²) < 4.78 is 36.4. The molecule has 0 bridgehead atoms. The predicted octanol–water partition coefficient (Wildman–Crippen LogP) is 0.627. The maximum absolute atomic E-state index is 11.9. The maximum atomic E-state index is 11.9. The van der Waals surface area contributed by atoms with Crippen molar-refractivity contribution in [3.05, 3.63) is 0 Å². The summed E-state index contributed by atoms with van der Waals surface area (Å²) in [6.45, 7) is 4.70. The van der Waals surface area contributed by atoms with Crippen molar-refractivity contribution >= 4 is 16.2 Å². The molecule has 0 N–H and O–H groups in total. The van der Waals surface area contributed by atoms with E-state index in [4.69, 9.17) is 0 Å². The second kappa shape index (κ2) is 3.38. The predicted molar refractivity (Wildman–Crippen MR) is 40.7 cm³/mol. The highest BCUT2D eigenvalue weighted by molar-refractivity contribution is 7.87. The van der Waals surface area contributed by atoms with Crippen LogP contribution in [0.5, 0.6) is 0 Å². The van der Waals surface area contributed by atoms with E-state index in [1.807, 2.05) is 0 Å². The topological polar surface area (TPSA) is 60.4 Å². The van der Waals surface area contributed by atoms with Crippen LogP contribution in [-0.2, 0) is 19.8 Å². The Morgan fingerprint density at radius 2 is 1.83 bits per heavy atom. The van der Waals surface area contributed by atoms with Gasteiger partial charge in [-0.3, -0.25) is 4.79 Å². The fourth-order valence-electron chi connectivity index (χ4n) is 0.512. The van der Waals surface area contributed by atoms with Gasteiger partial charge in [0.25, 0.3) is 0 Å². The number of rotatable bonds is 2. The van der Waals surface area contributed by atoms with Crippen LogP contribution in [0.2, 0.25) is 0 Å². The van der Waals surface area contributed by atoms with Crippen LogP contribution in [0, 0.1) is 0 Å². The van der Waals surface area contributed by atoms with Crippen LogP contribution in [0.3, 0.4) is 0 Å². The van der Waals surface area contributed by atoms with E-state index in [0.717, 1.165) is 0 Å². The largest absolute Gasteiger partial charge is 0.459 e. The Kier molecular flexibility index (Phi) is 3.20. The van der Waals surface area contributed by atoms with E-state index in [0.29, 0.717) is 0 Å². The molecule has 0 heterocycles. The molecule has 0 aromatic carbocycles. The van der Waals surface area contributed by atoms with Gasteiger partial charge in [0, 0.05) is 0 Å². The van der Waals surface area contributed by atoms with E-state index in [1.54, 1.807) is 20.8 Å². The minimum Gasteiger partial charge on any atom is -0.459 e. The Morgan fingerprint density at radius 1 is 1.42 bits per heavy atom.